The first-order chi connectivity index (χ1) is 8.13. The van der Waals surface area contributed by atoms with Crippen LogP contribution >= 0.6 is 11.6 Å². The molecule has 0 bridgehead atoms. The highest BCUT2D eigenvalue weighted by Gasteiger charge is 2.01. The predicted molar refractivity (Wildman–Crippen MR) is 63.4 cm³/mol. The zero-order chi connectivity index (χ0) is 12.7. The van der Waals surface area contributed by atoms with Crippen LogP contribution in [-0.2, 0) is 4.79 Å². The number of carbonyl (C=O) groups excluding carboxylic acids is 1. The number of ether oxygens (including phenoxy) is 1. The van der Waals surface area contributed by atoms with E-state index in [4.69, 9.17) is 16.3 Å². The summed E-state index contributed by atoms with van der Waals surface area (Å²) in [5.41, 5.74) is 0. The summed E-state index contributed by atoms with van der Waals surface area (Å²) in [6.07, 6.45) is 0. The Balaban J connectivity index is 2.33. The maximum Gasteiger partial charge on any atom is 0.295 e. The van der Waals surface area contributed by atoms with E-state index in [1.165, 1.54) is 12.1 Å². The number of hydrogen-bond acceptors (Lipinski definition) is 2. The summed E-state index contributed by atoms with van der Waals surface area (Å²) >= 11 is 5.52. The van der Waals surface area contributed by atoms with Gasteiger partial charge in [0.2, 0.25) is 0 Å². The molecule has 1 aromatic rings. The number of amides is 1. The monoisotopic (exact) mass is 255 g/mol. The second-order valence-electron chi connectivity index (χ2n) is 3.06. The Bertz CT molecular complexity index is 465. The zero-order valence-corrected chi connectivity index (χ0v) is 9.97. The molecular weight excluding hydrogens is 245 g/mol. The third kappa shape index (κ3) is 4.75. The van der Waals surface area contributed by atoms with Gasteiger partial charge < -0.3 is 10.1 Å². The highest BCUT2D eigenvalue weighted by molar-refractivity contribution is 6.30. The smallest absolute Gasteiger partial charge is 0.295 e. The van der Waals surface area contributed by atoms with Gasteiger partial charge >= 0.3 is 0 Å². The first-order valence-electron chi connectivity index (χ1n) is 4.92. The van der Waals surface area contributed by atoms with E-state index >= 15 is 0 Å². The van der Waals surface area contributed by atoms with Crippen molar-refractivity contribution in [2.24, 2.45) is 0 Å². The van der Waals surface area contributed by atoms with Gasteiger partial charge in [-0.1, -0.05) is 17.5 Å². The van der Waals surface area contributed by atoms with Crippen molar-refractivity contribution >= 4 is 17.5 Å². The Kier molecular flexibility index (Phi) is 5.31. The second-order valence-corrected chi connectivity index (χ2v) is 3.46. The van der Waals surface area contributed by atoms with Crippen LogP contribution in [0.15, 0.2) is 18.2 Å². The number of carbonyl (C=O) groups is 1. The lowest BCUT2D eigenvalue weighted by Gasteiger charge is -2.06. The Labute approximate surface area is 104 Å². The minimum atomic E-state index is -0.537. The summed E-state index contributed by atoms with van der Waals surface area (Å²) in [7, 11) is 0. The number of hydrogen-bond donors (Lipinski definition) is 1. The topological polar surface area (TPSA) is 38.3 Å². The van der Waals surface area contributed by atoms with Crippen LogP contribution in [-0.4, -0.2) is 19.1 Å². The van der Waals surface area contributed by atoms with Crippen LogP contribution in [0.5, 0.6) is 5.75 Å². The minimum Gasteiger partial charge on any atom is -0.492 e. The molecule has 0 atom stereocenters. The van der Waals surface area contributed by atoms with Crippen molar-refractivity contribution in [2.45, 2.75) is 6.92 Å². The Hall–Kier alpha value is -1.73. The molecule has 90 valence electrons. The summed E-state index contributed by atoms with van der Waals surface area (Å²) < 4.78 is 18.2. The van der Waals surface area contributed by atoms with Crippen molar-refractivity contribution in [3.63, 3.8) is 0 Å². The minimum absolute atomic E-state index is 0.0453. The van der Waals surface area contributed by atoms with Crippen molar-refractivity contribution in [2.75, 3.05) is 13.2 Å². The Morgan fingerprint density at radius 2 is 2.35 bits per heavy atom. The van der Waals surface area contributed by atoms with Gasteiger partial charge in [0.05, 0.1) is 11.6 Å². The molecule has 0 saturated carbocycles. The van der Waals surface area contributed by atoms with Gasteiger partial charge in [-0.25, -0.2) is 4.39 Å². The van der Waals surface area contributed by atoms with Gasteiger partial charge in [0.15, 0.2) is 0 Å². The standard InChI is InChI=1S/C12H11ClFNO2/c1-2-3-12(16)15-6-7-17-9-4-5-10(13)11(14)8-9/h4-5,8H,6-7H2,1H3,(H,15,16). The quantitative estimate of drug-likeness (QED) is 0.660. The Morgan fingerprint density at radius 3 is 3.00 bits per heavy atom. The first-order valence-corrected chi connectivity index (χ1v) is 5.29. The number of halogens is 2. The molecule has 0 radical (unpaired) electrons. The molecule has 0 spiro atoms. The molecule has 1 N–H and O–H groups in total. The van der Waals surface area contributed by atoms with Crippen LogP contribution in [0.25, 0.3) is 0 Å². The fraction of sp³-hybridized carbons (Fsp3) is 0.250. The number of benzene rings is 1. The third-order valence-electron chi connectivity index (χ3n) is 1.79. The van der Waals surface area contributed by atoms with Crippen LogP contribution in [0, 0.1) is 17.7 Å². The maximum atomic E-state index is 13.0. The summed E-state index contributed by atoms with van der Waals surface area (Å²) in [4.78, 5) is 10.9. The molecule has 3 nitrogen and oxygen atoms in total. The van der Waals surface area contributed by atoms with Gasteiger partial charge in [-0.05, 0) is 25.0 Å². The molecule has 0 fully saturated rings. The lowest BCUT2D eigenvalue weighted by atomic mass is 10.3. The highest BCUT2D eigenvalue weighted by atomic mass is 35.5. The highest BCUT2D eigenvalue weighted by Crippen LogP contribution is 2.19. The number of nitrogens with one attached hydrogen (secondary N) is 1. The first kappa shape index (κ1) is 13.3. The average Bonchev–Trinajstić information content (AvgIpc) is 2.29. The van der Waals surface area contributed by atoms with E-state index in [-0.39, 0.29) is 17.5 Å². The van der Waals surface area contributed by atoms with Crippen molar-refractivity contribution in [1.82, 2.24) is 5.32 Å². The van der Waals surface area contributed by atoms with Gasteiger partial charge in [0.1, 0.15) is 18.2 Å². The van der Waals surface area contributed by atoms with E-state index in [2.05, 4.69) is 17.2 Å². The molecule has 0 unspecified atom stereocenters. The molecule has 0 aliphatic rings. The van der Waals surface area contributed by atoms with Crippen LogP contribution in [0.3, 0.4) is 0 Å². The predicted octanol–water partition coefficient (Wildman–Crippen LogP) is 2.00. The van der Waals surface area contributed by atoms with E-state index in [9.17, 15) is 9.18 Å². The maximum absolute atomic E-state index is 13.0. The summed E-state index contributed by atoms with van der Waals surface area (Å²) in [6, 6.07) is 4.16. The molecule has 0 heterocycles. The molecule has 0 aliphatic carbocycles. The zero-order valence-electron chi connectivity index (χ0n) is 9.22. The lowest BCUT2D eigenvalue weighted by Crippen LogP contribution is -2.26. The van der Waals surface area contributed by atoms with E-state index in [0.717, 1.165) is 0 Å². The van der Waals surface area contributed by atoms with Gasteiger partial charge in [-0.15, -0.1) is 0 Å². The van der Waals surface area contributed by atoms with Crippen LogP contribution < -0.4 is 10.1 Å². The number of rotatable bonds is 4. The fourth-order valence-electron chi connectivity index (χ4n) is 1.06. The van der Waals surface area contributed by atoms with Crippen molar-refractivity contribution < 1.29 is 13.9 Å². The normalized spacial score (nSPS) is 9.12. The largest absolute Gasteiger partial charge is 0.492 e. The van der Waals surface area contributed by atoms with E-state index < -0.39 is 5.82 Å². The molecule has 17 heavy (non-hydrogen) atoms. The molecule has 5 heteroatoms. The molecular formula is C12H11ClFNO2. The van der Waals surface area contributed by atoms with Crippen molar-refractivity contribution in [1.29, 1.82) is 0 Å². The fourth-order valence-corrected chi connectivity index (χ4v) is 1.18. The van der Waals surface area contributed by atoms with Crippen molar-refractivity contribution in [3.05, 3.63) is 29.0 Å². The molecule has 1 amide bonds. The average molecular weight is 256 g/mol. The Morgan fingerprint density at radius 1 is 1.59 bits per heavy atom. The van der Waals surface area contributed by atoms with Crippen LogP contribution in [0.1, 0.15) is 6.92 Å². The summed E-state index contributed by atoms with van der Waals surface area (Å²) in [6.45, 7) is 2.11. The lowest BCUT2D eigenvalue weighted by molar-refractivity contribution is -0.115. The third-order valence-corrected chi connectivity index (χ3v) is 2.09. The second kappa shape index (κ2) is 6.77. The molecule has 1 aromatic carbocycles. The molecule has 0 saturated heterocycles. The molecule has 0 aliphatic heterocycles. The van der Waals surface area contributed by atoms with Gasteiger partial charge in [-0.2, -0.15) is 0 Å². The van der Waals surface area contributed by atoms with Gasteiger partial charge in [0, 0.05) is 6.07 Å². The SMILES string of the molecule is CC#CC(=O)NCCOc1ccc(Cl)c(F)c1. The van der Waals surface area contributed by atoms with Gasteiger partial charge in [0.25, 0.3) is 5.91 Å². The van der Waals surface area contributed by atoms with E-state index in [0.29, 0.717) is 12.3 Å². The van der Waals surface area contributed by atoms with Crippen LogP contribution in [0.2, 0.25) is 5.02 Å². The van der Waals surface area contributed by atoms with Gasteiger partial charge in [-0.3, -0.25) is 4.79 Å². The summed E-state index contributed by atoms with van der Waals surface area (Å²) in [5.74, 6) is 4.26. The molecule has 1 rings (SSSR count). The van der Waals surface area contributed by atoms with Crippen LogP contribution in [0.4, 0.5) is 4.39 Å². The molecule has 0 aromatic heterocycles. The van der Waals surface area contributed by atoms with E-state index in [1.807, 2.05) is 0 Å². The van der Waals surface area contributed by atoms with Crippen molar-refractivity contribution in [3.8, 4) is 17.6 Å². The summed E-state index contributed by atoms with van der Waals surface area (Å²) in [5, 5.41) is 2.57. The van der Waals surface area contributed by atoms with E-state index in [1.54, 1.807) is 13.0 Å².